The molecular weight excluding hydrogens is 423 g/mol. The quantitative estimate of drug-likeness (QED) is 0.395. The molecule has 0 aliphatic rings. The highest BCUT2D eigenvalue weighted by Gasteiger charge is 2.24. The summed E-state index contributed by atoms with van der Waals surface area (Å²) in [7, 11) is 0. The molecule has 0 saturated heterocycles. The normalized spacial score (nSPS) is 12.4. The molecule has 2 aromatic carbocycles. The van der Waals surface area contributed by atoms with Gasteiger partial charge in [0.2, 0.25) is 5.43 Å². The van der Waals surface area contributed by atoms with Crippen LogP contribution in [0.25, 0.3) is 33.3 Å². The minimum Gasteiger partial charge on any atom is -0.458 e. The zero-order valence-corrected chi connectivity index (χ0v) is 16.5. The third-order valence-electron chi connectivity index (χ3n) is 5.01. The number of fused-ring (bicyclic) bond motifs is 2. The van der Waals surface area contributed by atoms with Gasteiger partial charge in [0.1, 0.15) is 33.9 Å². The molecule has 0 fully saturated rings. The van der Waals surface area contributed by atoms with E-state index in [-0.39, 0.29) is 39.3 Å². The zero-order chi connectivity index (χ0) is 22.4. The number of benzene rings is 2. The number of hydrogen-bond acceptors (Lipinski definition) is 6. The molecule has 0 saturated carbocycles. The number of aromatic nitrogens is 4. The average molecular weight is 437 g/mol. The maximum atomic E-state index is 14.5. The van der Waals surface area contributed by atoms with Gasteiger partial charge in [-0.3, -0.25) is 4.79 Å². The average Bonchev–Trinajstić information content (AvgIpc) is 3.22. The van der Waals surface area contributed by atoms with Crippen molar-refractivity contribution in [2.45, 2.75) is 13.0 Å². The summed E-state index contributed by atoms with van der Waals surface area (Å²) in [6, 6.07) is 8.62. The van der Waals surface area contributed by atoms with Gasteiger partial charge in [0, 0.05) is 0 Å². The fraction of sp³-hybridized carbons (Fsp3) is 0.0909. The van der Waals surface area contributed by atoms with Gasteiger partial charge in [-0.05, 0) is 36.8 Å². The molecule has 3 heterocycles. The molecule has 10 heteroatoms. The molecule has 7 nitrogen and oxygen atoms in total. The molecule has 32 heavy (non-hydrogen) atoms. The van der Waals surface area contributed by atoms with Crippen LogP contribution in [0, 0.1) is 17.7 Å². The monoisotopic (exact) mass is 437 g/mol. The molecule has 0 aliphatic carbocycles. The van der Waals surface area contributed by atoms with Gasteiger partial charge in [0.15, 0.2) is 11.5 Å². The molecule has 0 amide bonds. The Balaban J connectivity index is 1.72. The summed E-state index contributed by atoms with van der Waals surface area (Å²) in [5, 5.41) is 2.73. The molecule has 0 aliphatic heterocycles. The molecule has 3 aromatic heterocycles. The number of hydrogen-bond donors (Lipinski definition) is 2. The van der Waals surface area contributed by atoms with Crippen LogP contribution in [0.3, 0.4) is 0 Å². The zero-order valence-electron chi connectivity index (χ0n) is 16.5. The van der Waals surface area contributed by atoms with Gasteiger partial charge in [0.05, 0.1) is 17.9 Å². The molecule has 5 aromatic rings. The highest BCUT2D eigenvalue weighted by molar-refractivity contribution is 5.85. The predicted octanol–water partition coefficient (Wildman–Crippen LogP) is 4.72. The second-order valence-electron chi connectivity index (χ2n) is 7.10. The maximum Gasteiger partial charge on any atom is 0.312 e. The Kier molecular flexibility index (Phi) is 4.62. The van der Waals surface area contributed by atoms with Crippen molar-refractivity contribution in [1.29, 1.82) is 0 Å². The van der Waals surface area contributed by atoms with Gasteiger partial charge >= 0.3 is 6.08 Å². The number of H-pyrrole nitrogens is 1. The van der Waals surface area contributed by atoms with Gasteiger partial charge < -0.3 is 14.7 Å². The predicted molar refractivity (Wildman–Crippen MR) is 112 cm³/mol. The largest absolute Gasteiger partial charge is 0.458 e. The van der Waals surface area contributed by atoms with Crippen LogP contribution in [0.5, 0.6) is 0 Å². The number of nitrogens with one attached hydrogen (secondary N) is 2. The summed E-state index contributed by atoms with van der Waals surface area (Å²) < 4.78 is 48.2. The molecule has 1 atom stereocenters. The molecule has 2 N–H and O–H groups in total. The van der Waals surface area contributed by atoms with E-state index in [1.807, 2.05) is 0 Å². The van der Waals surface area contributed by atoms with E-state index in [2.05, 4.69) is 25.3 Å². The Hall–Kier alpha value is -4.21. The van der Waals surface area contributed by atoms with Crippen molar-refractivity contribution in [3.8, 4) is 11.1 Å². The first-order valence-electron chi connectivity index (χ1n) is 9.56. The van der Waals surface area contributed by atoms with E-state index in [1.54, 1.807) is 6.92 Å². The molecule has 160 valence electrons. The van der Waals surface area contributed by atoms with Crippen molar-refractivity contribution in [2.24, 2.45) is 0 Å². The summed E-state index contributed by atoms with van der Waals surface area (Å²) in [6.07, 6.45) is 0.345. The minimum absolute atomic E-state index is 0.0162. The highest BCUT2D eigenvalue weighted by atomic mass is 19.1. The number of nitrogens with zero attached hydrogens (tertiary/aromatic N) is 3. The van der Waals surface area contributed by atoms with Crippen molar-refractivity contribution in [3.63, 3.8) is 0 Å². The third-order valence-corrected chi connectivity index (χ3v) is 5.01. The van der Waals surface area contributed by atoms with Crippen LogP contribution in [0.15, 0.2) is 58.0 Å². The fourth-order valence-corrected chi connectivity index (χ4v) is 3.62. The van der Waals surface area contributed by atoms with Crippen LogP contribution >= 0.6 is 0 Å². The first-order valence-corrected chi connectivity index (χ1v) is 9.56. The summed E-state index contributed by atoms with van der Waals surface area (Å²) in [5.74, 6) is -1.13. The number of halogens is 3. The first-order chi connectivity index (χ1) is 15.4. The Morgan fingerprint density at radius 3 is 2.72 bits per heavy atom. The Morgan fingerprint density at radius 2 is 1.91 bits per heavy atom. The highest BCUT2D eigenvalue weighted by Crippen LogP contribution is 2.32. The van der Waals surface area contributed by atoms with Gasteiger partial charge in [-0.25, -0.2) is 13.8 Å². The van der Waals surface area contributed by atoms with Gasteiger partial charge in [-0.2, -0.15) is 14.4 Å². The van der Waals surface area contributed by atoms with Crippen LogP contribution in [-0.2, 0) is 0 Å². The molecule has 5 rings (SSSR count). The lowest BCUT2D eigenvalue weighted by molar-refractivity contribution is 0.510. The Bertz CT molecular complexity index is 1550. The summed E-state index contributed by atoms with van der Waals surface area (Å²) in [4.78, 5) is 27.4. The Morgan fingerprint density at radius 1 is 1.09 bits per heavy atom. The SMILES string of the molecule is C[C@@H](Nc1nc(F)nc2nc[nH]c12)c1oc2cccc(F)c2c(=O)c1-c1cccc(F)c1. The van der Waals surface area contributed by atoms with Crippen LogP contribution in [0.1, 0.15) is 18.7 Å². The van der Waals surface area contributed by atoms with Crippen LogP contribution in [-0.4, -0.2) is 19.9 Å². The summed E-state index contributed by atoms with van der Waals surface area (Å²) >= 11 is 0. The van der Waals surface area contributed by atoms with E-state index in [0.717, 1.165) is 12.1 Å². The maximum absolute atomic E-state index is 14.5. The van der Waals surface area contributed by atoms with Gasteiger partial charge in [-0.15, -0.1) is 0 Å². The number of anilines is 1. The standard InChI is InChI=1S/C22H14F3N5O2/c1-10(28-21-17-20(27-9-26-17)29-22(25)30-21)19-15(11-4-2-5-12(23)8-11)18(31)16-13(24)6-3-7-14(16)32-19/h2-10H,1H3,(H2,26,27,28,29,30)/t10-/m1/s1. The molecule has 0 spiro atoms. The van der Waals surface area contributed by atoms with Crippen molar-refractivity contribution in [1.82, 2.24) is 19.9 Å². The number of imidazole rings is 1. The van der Waals surface area contributed by atoms with Gasteiger partial charge in [-0.1, -0.05) is 18.2 Å². The number of rotatable bonds is 4. The second-order valence-corrected chi connectivity index (χ2v) is 7.10. The Labute approximate surface area is 178 Å². The lowest BCUT2D eigenvalue weighted by Gasteiger charge is -2.18. The summed E-state index contributed by atoms with van der Waals surface area (Å²) in [6.45, 7) is 1.65. The molecule has 0 bridgehead atoms. The fourth-order valence-electron chi connectivity index (χ4n) is 3.62. The van der Waals surface area contributed by atoms with Crippen molar-refractivity contribution >= 4 is 28.0 Å². The second kappa shape index (κ2) is 7.49. The van der Waals surface area contributed by atoms with Crippen LogP contribution in [0.4, 0.5) is 19.0 Å². The smallest absolute Gasteiger partial charge is 0.312 e. The van der Waals surface area contributed by atoms with E-state index in [9.17, 15) is 18.0 Å². The number of aromatic amines is 1. The molecule has 0 unspecified atom stereocenters. The van der Waals surface area contributed by atoms with Crippen molar-refractivity contribution < 1.29 is 17.6 Å². The summed E-state index contributed by atoms with van der Waals surface area (Å²) in [5.41, 5.74) is 0.0310. The van der Waals surface area contributed by atoms with E-state index in [1.165, 1.54) is 36.7 Å². The minimum atomic E-state index is -0.994. The third kappa shape index (κ3) is 3.25. The van der Waals surface area contributed by atoms with E-state index >= 15 is 0 Å². The molecule has 0 radical (unpaired) electrons. The first kappa shape index (κ1) is 19.7. The lowest BCUT2D eigenvalue weighted by Crippen LogP contribution is -2.17. The van der Waals surface area contributed by atoms with Crippen LogP contribution in [0.2, 0.25) is 0 Å². The van der Waals surface area contributed by atoms with Crippen molar-refractivity contribution in [3.05, 3.63) is 82.5 Å². The lowest BCUT2D eigenvalue weighted by atomic mass is 9.99. The molecular formula is C22H14F3N5O2. The van der Waals surface area contributed by atoms with Crippen LogP contribution < -0.4 is 10.7 Å². The van der Waals surface area contributed by atoms with E-state index in [0.29, 0.717) is 5.52 Å². The topological polar surface area (TPSA) is 96.7 Å². The van der Waals surface area contributed by atoms with E-state index in [4.69, 9.17) is 4.42 Å². The van der Waals surface area contributed by atoms with E-state index < -0.39 is 29.2 Å². The van der Waals surface area contributed by atoms with Gasteiger partial charge in [0.25, 0.3) is 0 Å². The van der Waals surface area contributed by atoms with Crippen molar-refractivity contribution in [2.75, 3.05) is 5.32 Å².